The zero-order valence-corrected chi connectivity index (χ0v) is 22.8. The first-order chi connectivity index (χ1) is 18.8. The summed E-state index contributed by atoms with van der Waals surface area (Å²) in [6.45, 7) is 2.15. The molecule has 39 heavy (non-hydrogen) atoms. The molecule has 1 aromatic carbocycles. The number of amides is 2. The zero-order chi connectivity index (χ0) is 27.9. The second-order valence-corrected chi connectivity index (χ2v) is 9.28. The van der Waals surface area contributed by atoms with Crippen LogP contribution in [0.5, 0.6) is 11.5 Å². The number of imide groups is 1. The number of carbonyl (C=O) groups is 2. The van der Waals surface area contributed by atoms with Gasteiger partial charge in [0.05, 0.1) is 35.3 Å². The fraction of sp³-hybridized carbons (Fsp3) is 0.222. The third kappa shape index (κ3) is 6.44. The molecule has 0 saturated carbocycles. The molecule has 202 valence electrons. The highest BCUT2D eigenvalue weighted by atomic mass is 35.5. The van der Waals surface area contributed by atoms with Gasteiger partial charge in [-0.05, 0) is 37.3 Å². The smallest absolute Gasteiger partial charge is 0.414 e. The molecule has 2 aromatic heterocycles. The van der Waals surface area contributed by atoms with E-state index < -0.39 is 12.0 Å². The number of nitrogens with zero attached hydrogens (tertiary/aromatic N) is 3. The Kier molecular flexibility index (Phi) is 8.95. The Bertz CT molecular complexity index is 1420. The van der Waals surface area contributed by atoms with Crippen molar-refractivity contribution in [2.24, 2.45) is 0 Å². The summed E-state index contributed by atoms with van der Waals surface area (Å²) in [7, 11) is 1.46. The van der Waals surface area contributed by atoms with E-state index in [1.54, 1.807) is 42.9 Å². The molecule has 0 spiro atoms. The van der Waals surface area contributed by atoms with Gasteiger partial charge in [0.15, 0.2) is 5.75 Å². The fourth-order valence-corrected chi connectivity index (χ4v) is 4.61. The maximum atomic E-state index is 13.2. The van der Waals surface area contributed by atoms with Crippen LogP contribution < -0.4 is 20.1 Å². The van der Waals surface area contributed by atoms with Crippen molar-refractivity contribution in [3.63, 3.8) is 0 Å². The van der Waals surface area contributed by atoms with Crippen molar-refractivity contribution in [2.45, 2.75) is 26.0 Å². The molecule has 3 N–H and O–H groups in total. The molecule has 0 fully saturated rings. The number of carbonyl (C=O) groups excluding carboxylic acids is 1. The lowest BCUT2D eigenvalue weighted by molar-refractivity contribution is -0.125. The summed E-state index contributed by atoms with van der Waals surface area (Å²) in [4.78, 5) is 34.2. The minimum absolute atomic E-state index is 0.0144. The molecule has 0 unspecified atom stereocenters. The van der Waals surface area contributed by atoms with Gasteiger partial charge in [-0.1, -0.05) is 36.0 Å². The van der Waals surface area contributed by atoms with Gasteiger partial charge in [-0.3, -0.25) is 14.8 Å². The molecular formula is C27H26ClN5O5S. The number of aromatic nitrogens is 2. The number of nitrogens with one attached hydrogen (secondary N) is 2. The first-order valence-corrected chi connectivity index (χ1v) is 12.7. The van der Waals surface area contributed by atoms with Crippen molar-refractivity contribution < 1.29 is 24.2 Å². The average Bonchev–Trinajstić information content (AvgIpc) is 2.93. The number of anilines is 1. The SMILES string of the molecule is COc1c(Cl)cccc1NC(=S)C1=C(NCc2ccncc2O[C@H](C)c2ccccn2)CCN(C(=O)O)C1=O. The number of para-hydroxylation sites is 1. The van der Waals surface area contributed by atoms with Crippen LogP contribution in [0.1, 0.15) is 30.7 Å². The van der Waals surface area contributed by atoms with E-state index in [1.165, 1.54) is 7.11 Å². The Balaban J connectivity index is 1.60. The normalized spacial score (nSPS) is 14.0. The number of ether oxygens (including phenoxy) is 2. The summed E-state index contributed by atoms with van der Waals surface area (Å²) in [6, 6.07) is 12.4. The van der Waals surface area contributed by atoms with Gasteiger partial charge >= 0.3 is 6.09 Å². The Hall–Kier alpha value is -4.22. The van der Waals surface area contributed by atoms with E-state index in [9.17, 15) is 14.7 Å². The molecule has 0 radical (unpaired) electrons. The van der Waals surface area contributed by atoms with Crippen LogP contribution in [0.3, 0.4) is 0 Å². The zero-order valence-electron chi connectivity index (χ0n) is 21.2. The Labute approximate surface area is 235 Å². The number of pyridine rings is 2. The molecule has 12 heteroatoms. The highest BCUT2D eigenvalue weighted by molar-refractivity contribution is 7.81. The predicted octanol–water partition coefficient (Wildman–Crippen LogP) is 4.97. The van der Waals surface area contributed by atoms with Gasteiger partial charge in [-0.15, -0.1) is 0 Å². The van der Waals surface area contributed by atoms with E-state index in [-0.39, 0.29) is 36.2 Å². The van der Waals surface area contributed by atoms with Crippen LogP contribution in [0, 0.1) is 0 Å². The lowest BCUT2D eigenvalue weighted by atomic mass is 10.0. The third-order valence-corrected chi connectivity index (χ3v) is 6.60. The minimum atomic E-state index is -1.35. The predicted molar refractivity (Wildman–Crippen MR) is 150 cm³/mol. The fourth-order valence-electron chi connectivity index (χ4n) is 4.04. The van der Waals surface area contributed by atoms with E-state index in [1.807, 2.05) is 25.1 Å². The molecule has 0 bridgehead atoms. The van der Waals surface area contributed by atoms with Gasteiger partial charge in [0.2, 0.25) is 0 Å². The summed E-state index contributed by atoms with van der Waals surface area (Å²) in [5.41, 5.74) is 2.53. The lowest BCUT2D eigenvalue weighted by Gasteiger charge is -2.28. The van der Waals surface area contributed by atoms with Crippen molar-refractivity contribution in [1.82, 2.24) is 20.2 Å². The van der Waals surface area contributed by atoms with E-state index >= 15 is 0 Å². The van der Waals surface area contributed by atoms with Crippen LogP contribution >= 0.6 is 23.8 Å². The van der Waals surface area contributed by atoms with Gasteiger partial charge in [-0.2, -0.15) is 0 Å². The number of benzene rings is 1. The summed E-state index contributed by atoms with van der Waals surface area (Å²) < 4.78 is 11.5. The Morgan fingerprint density at radius 3 is 2.77 bits per heavy atom. The standard InChI is InChI=1S/C27H26ClN5O5S/c1-16(19-7-3-4-11-30-19)38-22-15-29-12-9-17(22)14-31-20-10-13-33(27(35)36)26(34)23(20)25(39)32-21-8-5-6-18(28)24(21)37-2/h3-9,11-12,15-16,31H,10,13-14H2,1-2H3,(H,32,39)(H,35,36)/t16-/m1/s1. The number of methoxy groups -OCH3 is 1. The van der Waals surface area contributed by atoms with Crippen LogP contribution in [0.2, 0.25) is 5.02 Å². The number of rotatable bonds is 9. The van der Waals surface area contributed by atoms with Gasteiger partial charge in [0.25, 0.3) is 5.91 Å². The molecule has 1 aliphatic heterocycles. The average molecular weight is 568 g/mol. The number of carboxylic acid groups (broad SMARTS) is 1. The molecule has 10 nitrogen and oxygen atoms in total. The molecule has 1 aliphatic rings. The van der Waals surface area contributed by atoms with Crippen LogP contribution in [0.15, 0.2) is 72.3 Å². The topological polar surface area (TPSA) is 126 Å². The van der Waals surface area contributed by atoms with Crippen LogP contribution in [-0.4, -0.2) is 50.6 Å². The van der Waals surface area contributed by atoms with Crippen LogP contribution in [0.4, 0.5) is 10.5 Å². The summed E-state index contributed by atoms with van der Waals surface area (Å²) in [5, 5.41) is 16.2. The maximum absolute atomic E-state index is 13.2. The first kappa shape index (κ1) is 27.8. The maximum Gasteiger partial charge on any atom is 0.414 e. The highest BCUT2D eigenvalue weighted by Gasteiger charge is 2.34. The number of hydrogen-bond donors (Lipinski definition) is 3. The third-order valence-electron chi connectivity index (χ3n) is 5.99. The van der Waals surface area contributed by atoms with Crippen molar-refractivity contribution in [3.05, 3.63) is 88.6 Å². The quantitative estimate of drug-likeness (QED) is 0.305. The summed E-state index contributed by atoms with van der Waals surface area (Å²) in [5.74, 6) is 0.157. The lowest BCUT2D eigenvalue weighted by Crippen LogP contribution is -2.45. The van der Waals surface area contributed by atoms with Crippen LogP contribution in [0.25, 0.3) is 0 Å². The van der Waals surface area contributed by atoms with Crippen molar-refractivity contribution in [1.29, 1.82) is 0 Å². The molecule has 3 aromatic rings. The van der Waals surface area contributed by atoms with Crippen LogP contribution in [-0.2, 0) is 11.3 Å². The van der Waals surface area contributed by atoms with E-state index in [0.717, 1.165) is 16.2 Å². The second-order valence-electron chi connectivity index (χ2n) is 8.47. The molecule has 1 atom stereocenters. The van der Waals surface area contributed by atoms with Crippen molar-refractivity contribution in [2.75, 3.05) is 19.0 Å². The number of hydrogen-bond acceptors (Lipinski definition) is 8. The molecule has 3 heterocycles. The Morgan fingerprint density at radius 1 is 1.23 bits per heavy atom. The van der Waals surface area contributed by atoms with E-state index in [2.05, 4.69) is 20.6 Å². The molecular weight excluding hydrogens is 542 g/mol. The summed E-state index contributed by atoms with van der Waals surface area (Å²) in [6.07, 6.45) is 3.52. The molecule has 2 amide bonds. The van der Waals surface area contributed by atoms with Gasteiger partial charge in [-0.25, -0.2) is 9.69 Å². The first-order valence-electron chi connectivity index (χ1n) is 12.0. The second kappa shape index (κ2) is 12.5. The molecule has 0 aliphatic carbocycles. The minimum Gasteiger partial charge on any atom is -0.493 e. The number of halogens is 1. The van der Waals surface area contributed by atoms with Crippen molar-refractivity contribution >= 4 is 46.5 Å². The number of thiocarbonyl (C=S) groups is 1. The van der Waals surface area contributed by atoms with Gasteiger partial charge in [0, 0.05) is 43.2 Å². The van der Waals surface area contributed by atoms with E-state index in [4.69, 9.17) is 33.3 Å². The van der Waals surface area contributed by atoms with Crippen molar-refractivity contribution in [3.8, 4) is 11.5 Å². The molecule has 0 saturated heterocycles. The molecule has 4 rings (SSSR count). The van der Waals surface area contributed by atoms with Gasteiger partial charge in [0.1, 0.15) is 16.8 Å². The Morgan fingerprint density at radius 2 is 2.05 bits per heavy atom. The summed E-state index contributed by atoms with van der Waals surface area (Å²) >= 11 is 11.8. The van der Waals surface area contributed by atoms with E-state index in [0.29, 0.717) is 27.9 Å². The highest BCUT2D eigenvalue weighted by Crippen LogP contribution is 2.33. The monoisotopic (exact) mass is 567 g/mol. The van der Waals surface area contributed by atoms with Gasteiger partial charge < -0.3 is 25.2 Å². The largest absolute Gasteiger partial charge is 0.493 e.